The number of sulfonamides is 1. The van der Waals surface area contributed by atoms with Crippen molar-refractivity contribution in [2.75, 3.05) is 24.2 Å². The second-order valence-electron chi connectivity index (χ2n) is 4.34. The SMILES string of the molecule is CCS(=O)(=O)NC1CCN(C)c2ccccc21. The summed E-state index contributed by atoms with van der Waals surface area (Å²) in [6.45, 7) is 2.52. The van der Waals surface area contributed by atoms with Gasteiger partial charge in [-0.05, 0) is 25.0 Å². The summed E-state index contributed by atoms with van der Waals surface area (Å²) in [6.07, 6.45) is 0.812. The van der Waals surface area contributed by atoms with Gasteiger partial charge in [-0.2, -0.15) is 0 Å². The van der Waals surface area contributed by atoms with Crippen molar-refractivity contribution in [1.82, 2.24) is 4.72 Å². The van der Waals surface area contributed by atoms with Crippen molar-refractivity contribution < 1.29 is 8.42 Å². The third-order valence-electron chi connectivity index (χ3n) is 3.18. The van der Waals surface area contributed by atoms with Crippen molar-refractivity contribution in [3.8, 4) is 0 Å². The normalized spacial score (nSPS) is 20.1. The van der Waals surface area contributed by atoms with Gasteiger partial charge in [-0.25, -0.2) is 13.1 Å². The van der Waals surface area contributed by atoms with E-state index in [-0.39, 0.29) is 11.8 Å². The number of rotatable bonds is 3. The molecule has 1 heterocycles. The van der Waals surface area contributed by atoms with E-state index in [9.17, 15) is 8.42 Å². The Balaban J connectivity index is 2.31. The topological polar surface area (TPSA) is 49.4 Å². The molecule has 0 radical (unpaired) electrons. The maximum atomic E-state index is 11.6. The molecular formula is C12H18N2O2S. The molecule has 4 nitrogen and oxygen atoms in total. The van der Waals surface area contributed by atoms with Crippen molar-refractivity contribution in [1.29, 1.82) is 0 Å². The molecule has 0 aromatic heterocycles. The monoisotopic (exact) mass is 254 g/mol. The van der Waals surface area contributed by atoms with Gasteiger partial charge in [0.2, 0.25) is 10.0 Å². The van der Waals surface area contributed by atoms with E-state index in [1.807, 2.05) is 31.3 Å². The summed E-state index contributed by atoms with van der Waals surface area (Å²) in [5, 5.41) is 0. The van der Waals surface area contributed by atoms with Crippen LogP contribution in [0.1, 0.15) is 24.9 Å². The molecule has 0 spiro atoms. The smallest absolute Gasteiger partial charge is 0.211 e. The van der Waals surface area contributed by atoms with Crippen molar-refractivity contribution in [3.05, 3.63) is 29.8 Å². The van der Waals surface area contributed by atoms with Crippen LogP contribution < -0.4 is 9.62 Å². The minimum Gasteiger partial charge on any atom is -0.374 e. The highest BCUT2D eigenvalue weighted by atomic mass is 32.2. The fraction of sp³-hybridized carbons (Fsp3) is 0.500. The second-order valence-corrected chi connectivity index (χ2v) is 6.39. The summed E-state index contributed by atoms with van der Waals surface area (Å²) in [4.78, 5) is 2.16. The number of fused-ring (bicyclic) bond motifs is 1. The minimum atomic E-state index is -3.15. The molecule has 0 saturated heterocycles. The molecule has 0 amide bonds. The van der Waals surface area contributed by atoms with Crippen LogP contribution >= 0.6 is 0 Å². The molecule has 17 heavy (non-hydrogen) atoms. The molecule has 1 N–H and O–H groups in total. The van der Waals surface area contributed by atoms with Crippen LogP contribution in [0.25, 0.3) is 0 Å². The van der Waals surface area contributed by atoms with E-state index in [4.69, 9.17) is 0 Å². The average Bonchev–Trinajstić information content (AvgIpc) is 2.33. The average molecular weight is 254 g/mol. The lowest BCUT2D eigenvalue weighted by Crippen LogP contribution is -2.36. The van der Waals surface area contributed by atoms with Crippen LogP contribution in [-0.2, 0) is 10.0 Å². The van der Waals surface area contributed by atoms with Gasteiger partial charge in [0, 0.05) is 19.3 Å². The summed E-state index contributed by atoms with van der Waals surface area (Å²) >= 11 is 0. The zero-order valence-corrected chi connectivity index (χ0v) is 11.0. The van der Waals surface area contributed by atoms with Gasteiger partial charge >= 0.3 is 0 Å². The fourth-order valence-electron chi connectivity index (χ4n) is 2.15. The van der Waals surface area contributed by atoms with Gasteiger partial charge in [0.25, 0.3) is 0 Å². The van der Waals surface area contributed by atoms with Crippen molar-refractivity contribution in [2.45, 2.75) is 19.4 Å². The molecular weight excluding hydrogens is 236 g/mol. The highest BCUT2D eigenvalue weighted by Crippen LogP contribution is 2.32. The molecule has 0 fully saturated rings. The third-order valence-corrected chi connectivity index (χ3v) is 4.58. The highest BCUT2D eigenvalue weighted by Gasteiger charge is 2.25. The van der Waals surface area contributed by atoms with Crippen LogP contribution in [0.5, 0.6) is 0 Å². The van der Waals surface area contributed by atoms with Gasteiger partial charge in [0.15, 0.2) is 0 Å². The standard InChI is InChI=1S/C12H18N2O2S/c1-3-17(15,16)13-11-8-9-14(2)12-7-5-4-6-10(11)12/h4-7,11,13H,3,8-9H2,1-2H3. The first-order valence-electron chi connectivity index (χ1n) is 5.83. The van der Waals surface area contributed by atoms with E-state index >= 15 is 0 Å². The number of hydrogen-bond acceptors (Lipinski definition) is 3. The first kappa shape index (κ1) is 12.4. The predicted molar refractivity (Wildman–Crippen MR) is 69.7 cm³/mol. The van der Waals surface area contributed by atoms with Crippen LogP contribution in [0, 0.1) is 0 Å². The van der Waals surface area contributed by atoms with Gasteiger partial charge in [-0.1, -0.05) is 18.2 Å². The summed E-state index contributed by atoms with van der Waals surface area (Å²) < 4.78 is 26.0. The van der Waals surface area contributed by atoms with E-state index in [0.29, 0.717) is 0 Å². The third kappa shape index (κ3) is 2.61. The molecule has 1 aromatic carbocycles. The fourth-order valence-corrected chi connectivity index (χ4v) is 3.00. The van der Waals surface area contributed by atoms with Crippen LogP contribution in [0.2, 0.25) is 0 Å². The molecule has 0 aliphatic carbocycles. The molecule has 2 rings (SSSR count). The Morgan fingerprint density at radius 1 is 1.41 bits per heavy atom. The maximum absolute atomic E-state index is 11.6. The number of nitrogens with zero attached hydrogens (tertiary/aromatic N) is 1. The van der Waals surface area contributed by atoms with Crippen molar-refractivity contribution >= 4 is 15.7 Å². The number of para-hydroxylation sites is 1. The van der Waals surface area contributed by atoms with Gasteiger partial charge in [0.05, 0.1) is 11.8 Å². The molecule has 1 aliphatic heterocycles. The number of anilines is 1. The first-order valence-corrected chi connectivity index (χ1v) is 7.49. The Bertz CT molecular complexity index is 499. The van der Waals surface area contributed by atoms with Crippen molar-refractivity contribution in [2.24, 2.45) is 0 Å². The van der Waals surface area contributed by atoms with Gasteiger partial charge < -0.3 is 4.90 Å². The summed E-state index contributed by atoms with van der Waals surface area (Å²) in [6, 6.07) is 7.86. The first-order chi connectivity index (χ1) is 8.03. The van der Waals surface area contributed by atoms with Crippen LogP contribution in [0.4, 0.5) is 5.69 Å². The van der Waals surface area contributed by atoms with E-state index < -0.39 is 10.0 Å². The largest absolute Gasteiger partial charge is 0.374 e. The zero-order valence-electron chi connectivity index (χ0n) is 10.2. The molecule has 5 heteroatoms. The molecule has 0 saturated carbocycles. The molecule has 1 unspecified atom stereocenters. The Morgan fingerprint density at radius 2 is 2.12 bits per heavy atom. The lowest BCUT2D eigenvalue weighted by molar-refractivity contribution is 0.529. The summed E-state index contributed by atoms with van der Waals surface area (Å²) in [5.74, 6) is 0.126. The van der Waals surface area contributed by atoms with Gasteiger partial charge in [-0.3, -0.25) is 0 Å². The lowest BCUT2D eigenvalue weighted by Gasteiger charge is -2.33. The molecule has 1 aromatic rings. The number of nitrogens with one attached hydrogen (secondary N) is 1. The summed E-state index contributed by atoms with van der Waals surface area (Å²) in [7, 11) is -1.12. The van der Waals surface area contributed by atoms with E-state index in [1.165, 1.54) is 0 Å². The Hall–Kier alpha value is -1.07. The maximum Gasteiger partial charge on any atom is 0.211 e. The zero-order chi connectivity index (χ0) is 12.5. The Morgan fingerprint density at radius 3 is 2.82 bits per heavy atom. The molecule has 0 bridgehead atoms. The van der Waals surface area contributed by atoms with E-state index in [0.717, 1.165) is 24.2 Å². The molecule has 1 atom stereocenters. The second kappa shape index (κ2) is 4.66. The Kier molecular flexibility index (Phi) is 3.40. The van der Waals surface area contributed by atoms with E-state index in [1.54, 1.807) is 6.92 Å². The molecule has 1 aliphatic rings. The minimum absolute atomic E-state index is 0.0904. The number of benzene rings is 1. The molecule has 94 valence electrons. The van der Waals surface area contributed by atoms with Crippen LogP contribution in [-0.4, -0.2) is 27.8 Å². The lowest BCUT2D eigenvalue weighted by atomic mass is 9.98. The quantitative estimate of drug-likeness (QED) is 0.889. The van der Waals surface area contributed by atoms with Gasteiger partial charge in [-0.15, -0.1) is 0 Å². The summed E-state index contributed by atoms with van der Waals surface area (Å²) in [5.41, 5.74) is 2.18. The van der Waals surface area contributed by atoms with Crippen LogP contribution in [0.3, 0.4) is 0 Å². The highest BCUT2D eigenvalue weighted by molar-refractivity contribution is 7.89. The predicted octanol–water partition coefficient (Wildman–Crippen LogP) is 1.51. The van der Waals surface area contributed by atoms with Crippen LogP contribution in [0.15, 0.2) is 24.3 Å². The van der Waals surface area contributed by atoms with Crippen molar-refractivity contribution in [3.63, 3.8) is 0 Å². The number of hydrogen-bond donors (Lipinski definition) is 1. The Labute approximate surface area is 103 Å². The van der Waals surface area contributed by atoms with E-state index in [2.05, 4.69) is 9.62 Å². The van der Waals surface area contributed by atoms with Gasteiger partial charge in [0.1, 0.15) is 0 Å².